The molecular formula is C20H20N2O3S. The van der Waals surface area contributed by atoms with Gasteiger partial charge in [0.1, 0.15) is 21.3 Å². The van der Waals surface area contributed by atoms with Crippen LogP contribution in [0.5, 0.6) is 5.75 Å². The highest BCUT2D eigenvalue weighted by Crippen LogP contribution is 2.30. The molecule has 6 heteroatoms. The molecule has 1 aliphatic heterocycles. The summed E-state index contributed by atoms with van der Waals surface area (Å²) in [5, 5.41) is 0.545. The maximum atomic E-state index is 12.7. The zero-order chi connectivity index (χ0) is 18.4. The van der Waals surface area contributed by atoms with Crippen molar-refractivity contribution < 1.29 is 9.53 Å². The van der Waals surface area contributed by atoms with E-state index in [1.807, 2.05) is 18.2 Å². The Morgan fingerprint density at radius 1 is 1.35 bits per heavy atom. The first-order valence-corrected chi connectivity index (χ1v) is 9.62. The standard InChI is InChI=1S/C20H20N2O3S/c1-11(2)13-6-4-7-14(10-13)25-20(24)17-12(3)16-18(26-17)21-15-8-5-9-22(15)19(16)23/h4,6-7,10-11H,5,8-9H2,1-3H3. The van der Waals surface area contributed by atoms with E-state index in [0.717, 1.165) is 24.2 Å². The van der Waals surface area contributed by atoms with Gasteiger partial charge in [-0.15, -0.1) is 11.3 Å². The average Bonchev–Trinajstić information content (AvgIpc) is 3.20. The summed E-state index contributed by atoms with van der Waals surface area (Å²) in [6, 6.07) is 7.55. The second-order valence-electron chi connectivity index (χ2n) is 6.94. The van der Waals surface area contributed by atoms with E-state index >= 15 is 0 Å². The number of aromatic nitrogens is 2. The molecule has 1 aliphatic rings. The van der Waals surface area contributed by atoms with Crippen LogP contribution in [-0.4, -0.2) is 15.5 Å². The molecule has 3 heterocycles. The molecule has 0 aliphatic carbocycles. The van der Waals surface area contributed by atoms with Crippen molar-refractivity contribution in [3.8, 4) is 5.75 Å². The van der Waals surface area contributed by atoms with E-state index in [2.05, 4.69) is 18.8 Å². The van der Waals surface area contributed by atoms with Gasteiger partial charge in [0.05, 0.1) is 5.39 Å². The molecule has 0 spiro atoms. The number of ether oxygens (including phenoxy) is 1. The molecule has 3 aromatic rings. The quantitative estimate of drug-likeness (QED) is 0.517. The number of fused-ring (bicyclic) bond motifs is 2. The topological polar surface area (TPSA) is 61.2 Å². The van der Waals surface area contributed by atoms with Crippen LogP contribution in [0.4, 0.5) is 0 Å². The zero-order valence-corrected chi connectivity index (χ0v) is 15.9. The number of benzene rings is 1. The number of carbonyl (C=O) groups excluding carboxylic acids is 1. The van der Waals surface area contributed by atoms with Gasteiger partial charge < -0.3 is 4.74 Å². The van der Waals surface area contributed by atoms with Gasteiger partial charge in [-0.3, -0.25) is 9.36 Å². The summed E-state index contributed by atoms with van der Waals surface area (Å²) in [7, 11) is 0. The fourth-order valence-corrected chi connectivity index (χ4v) is 4.43. The first-order valence-electron chi connectivity index (χ1n) is 8.80. The highest BCUT2D eigenvalue weighted by atomic mass is 32.1. The molecule has 4 rings (SSSR count). The predicted molar refractivity (Wildman–Crippen MR) is 102 cm³/mol. The van der Waals surface area contributed by atoms with Crippen LogP contribution in [-0.2, 0) is 13.0 Å². The smallest absolute Gasteiger partial charge is 0.354 e. The second kappa shape index (κ2) is 6.36. The van der Waals surface area contributed by atoms with E-state index in [0.29, 0.717) is 38.9 Å². The molecule has 0 saturated carbocycles. The fraction of sp³-hybridized carbons (Fsp3) is 0.350. The maximum absolute atomic E-state index is 12.7. The third kappa shape index (κ3) is 2.74. The van der Waals surface area contributed by atoms with Crippen molar-refractivity contribution >= 4 is 27.5 Å². The molecule has 5 nitrogen and oxygen atoms in total. The number of rotatable bonds is 3. The average molecular weight is 368 g/mol. The first-order chi connectivity index (χ1) is 12.5. The van der Waals surface area contributed by atoms with Gasteiger partial charge in [-0.25, -0.2) is 9.78 Å². The van der Waals surface area contributed by atoms with E-state index in [1.54, 1.807) is 17.6 Å². The molecular weight excluding hydrogens is 348 g/mol. The number of carbonyl (C=O) groups is 1. The Morgan fingerprint density at radius 2 is 2.15 bits per heavy atom. The largest absolute Gasteiger partial charge is 0.422 e. The Morgan fingerprint density at radius 3 is 2.92 bits per heavy atom. The summed E-state index contributed by atoms with van der Waals surface area (Å²) >= 11 is 1.24. The molecule has 0 amide bonds. The molecule has 0 atom stereocenters. The number of nitrogens with zero attached hydrogens (tertiary/aromatic N) is 2. The lowest BCUT2D eigenvalue weighted by molar-refractivity contribution is 0.0739. The summed E-state index contributed by atoms with van der Waals surface area (Å²) in [6.45, 7) is 6.68. The van der Waals surface area contributed by atoms with Gasteiger partial charge in [0.25, 0.3) is 5.56 Å². The van der Waals surface area contributed by atoms with Crippen LogP contribution in [0, 0.1) is 6.92 Å². The minimum absolute atomic E-state index is 0.0443. The van der Waals surface area contributed by atoms with Gasteiger partial charge in [-0.05, 0) is 42.5 Å². The van der Waals surface area contributed by atoms with Crippen LogP contribution < -0.4 is 10.3 Å². The van der Waals surface area contributed by atoms with Crippen molar-refractivity contribution in [1.29, 1.82) is 0 Å². The molecule has 134 valence electrons. The van der Waals surface area contributed by atoms with Crippen LogP contribution >= 0.6 is 11.3 Å². The van der Waals surface area contributed by atoms with E-state index < -0.39 is 5.97 Å². The Bertz CT molecular complexity index is 1080. The Balaban J connectivity index is 1.72. The van der Waals surface area contributed by atoms with Crippen molar-refractivity contribution in [2.24, 2.45) is 0 Å². The van der Waals surface area contributed by atoms with E-state index in [1.165, 1.54) is 11.3 Å². The zero-order valence-electron chi connectivity index (χ0n) is 15.0. The lowest BCUT2D eigenvalue weighted by atomic mass is 10.0. The maximum Gasteiger partial charge on any atom is 0.354 e. The minimum atomic E-state index is -0.434. The number of hydrogen-bond acceptors (Lipinski definition) is 5. The number of thiophene rings is 1. The van der Waals surface area contributed by atoms with Crippen LogP contribution in [0.3, 0.4) is 0 Å². The second-order valence-corrected chi connectivity index (χ2v) is 7.94. The Labute approximate surface area is 155 Å². The van der Waals surface area contributed by atoms with Crippen LogP contribution in [0.2, 0.25) is 0 Å². The third-order valence-electron chi connectivity index (χ3n) is 4.83. The number of esters is 1. The van der Waals surface area contributed by atoms with Crippen LogP contribution in [0.1, 0.15) is 52.8 Å². The van der Waals surface area contributed by atoms with Crippen LogP contribution in [0.15, 0.2) is 29.1 Å². The number of hydrogen-bond donors (Lipinski definition) is 0. The van der Waals surface area contributed by atoms with Gasteiger partial charge in [-0.1, -0.05) is 26.0 Å². The molecule has 0 fully saturated rings. The SMILES string of the molecule is Cc1c(C(=O)Oc2cccc(C(C)C)c2)sc2nc3n(c(=O)c12)CCC3. The number of aryl methyl sites for hydroxylation is 2. The molecule has 2 aromatic heterocycles. The van der Waals surface area contributed by atoms with Crippen molar-refractivity contribution in [2.75, 3.05) is 0 Å². The van der Waals surface area contributed by atoms with Crippen molar-refractivity contribution in [3.05, 3.63) is 56.4 Å². The fourth-order valence-electron chi connectivity index (χ4n) is 3.36. The van der Waals surface area contributed by atoms with E-state index in [-0.39, 0.29) is 5.56 Å². The lowest BCUT2D eigenvalue weighted by Gasteiger charge is -2.08. The highest BCUT2D eigenvalue weighted by Gasteiger charge is 2.24. The summed E-state index contributed by atoms with van der Waals surface area (Å²) in [4.78, 5) is 31.1. The van der Waals surface area contributed by atoms with Crippen molar-refractivity contribution in [2.45, 2.75) is 46.1 Å². The van der Waals surface area contributed by atoms with Gasteiger partial charge in [0.15, 0.2) is 0 Å². The summed E-state index contributed by atoms with van der Waals surface area (Å²) in [5.41, 5.74) is 1.73. The van der Waals surface area contributed by atoms with E-state index in [4.69, 9.17) is 4.74 Å². The normalized spacial score (nSPS) is 13.4. The minimum Gasteiger partial charge on any atom is -0.422 e. The predicted octanol–water partition coefficient (Wildman–Crippen LogP) is 4.06. The highest BCUT2D eigenvalue weighted by molar-refractivity contribution is 7.20. The van der Waals surface area contributed by atoms with Gasteiger partial charge in [-0.2, -0.15) is 0 Å². The summed E-state index contributed by atoms with van der Waals surface area (Å²) in [6.07, 6.45) is 1.75. The molecule has 0 saturated heterocycles. The first kappa shape index (κ1) is 17.0. The summed E-state index contributed by atoms with van der Waals surface area (Å²) < 4.78 is 7.30. The monoisotopic (exact) mass is 368 g/mol. The van der Waals surface area contributed by atoms with Crippen molar-refractivity contribution in [3.63, 3.8) is 0 Å². The molecule has 0 bridgehead atoms. The van der Waals surface area contributed by atoms with Crippen LogP contribution in [0.25, 0.3) is 10.2 Å². The molecule has 0 N–H and O–H groups in total. The molecule has 26 heavy (non-hydrogen) atoms. The summed E-state index contributed by atoms with van der Waals surface area (Å²) in [5.74, 6) is 1.25. The Hall–Kier alpha value is -2.47. The van der Waals surface area contributed by atoms with Gasteiger partial charge in [0, 0.05) is 13.0 Å². The molecule has 0 radical (unpaired) electrons. The molecule has 1 aromatic carbocycles. The Kier molecular flexibility index (Phi) is 4.15. The lowest BCUT2D eigenvalue weighted by Crippen LogP contribution is -2.20. The van der Waals surface area contributed by atoms with Gasteiger partial charge >= 0.3 is 5.97 Å². The molecule has 0 unspecified atom stereocenters. The van der Waals surface area contributed by atoms with E-state index in [9.17, 15) is 9.59 Å². The van der Waals surface area contributed by atoms with Crippen molar-refractivity contribution in [1.82, 2.24) is 9.55 Å². The third-order valence-corrected chi connectivity index (χ3v) is 6.00. The van der Waals surface area contributed by atoms with Gasteiger partial charge in [0.2, 0.25) is 0 Å².